The summed E-state index contributed by atoms with van der Waals surface area (Å²) >= 11 is 1.40. The Labute approximate surface area is 201 Å². The number of hydrogen-bond acceptors (Lipinski definition) is 6. The lowest BCUT2D eigenvalue weighted by molar-refractivity contribution is -0.120. The summed E-state index contributed by atoms with van der Waals surface area (Å²) in [5.74, 6) is -0.993. The van der Waals surface area contributed by atoms with Crippen LogP contribution in [0, 0.1) is 24.2 Å². The summed E-state index contributed by atoms with van der Waals surface area (Å²) in [6.45, 7) is 8.75. The van der Waals surface area contributed by atoms with Crippen LogP contribution in [-0.4, -0.2) is 61.7 Å². The van der Waals surface area contributed by atoms with Gasteiger partial charge in [0.05, 0.1) is 16.5 Å². The quantitative estimate of drug-likeness (QED) is 0.654. The molecule has 2 aliphatic rings. The van der Waals surface area contributed by atoms with Gasteiger partial charge in [0.25, 0.3) is 11.8 Å². The van der Waals surface area contributed by atoms with Crippen LogP contribution in [0.3, 0.4) is 0 Å². The fourth-order valence-corrected chi connectivity index (χ4v) is 6.26. The van der Waals surface area contributed by atoms with Crippen molar-refractivity contribution in [3.8, 4) is 6.07 Å². The van der Waals surface area contributed by atoms with Gasteiger partial charge in [-0.1, -0.05) is 5.57 Å². The normalized spacial score (nSPS) is 23.1. The molecule has 3 rings (SSSR count). The Morgan fingerprint density at radius 1 is 1.21 bits per heavy atom. The molecule has 1 N–H and O–H groups in total. The predicted octanol–water partition coefficient (Wildman–Crippen LogP) is 3.92. The smallest absolute Gasteiger partial charge is 0.254 e. The minimum Gasteiger partial charge on any atom is -0.360 e. The molecular formula is C25H35N5O2S. The molecule has 0 spiro atoms. The molecule has 33 heavy (non-hydrogen) atoms. The molecule has 8 heteroatoms. The van der Waals surface area contributed by atoms with E-state index < -0.39 is 5.92 Å². The van der Waals surface area contributed by atoms with Crippen molar-refractivity contribution in [2.45, 2.75) is 65.5 Å². The van der Waals surface area contributed by atoms with Gasteiger partial charge in [-0.15, -0.1) is 11.3 Å². The van der Waals surface area contributed by atoms with Crippen LogP contribution >= 0.6 is 11.3 Å². The average Bonchev–Trinajstić information content (AvgIpc) is 3.10. The third-order valence-corrected chi connectivity index (χ3v) is 8.16. The summed E-state index contributed by atoms with van der Waals surface area (Å²) in [5.41, 5.74) is 2.86. The standard InChI is InChI=1S/C25H35N5O2S/c1-7-30(19-10-8-18(9-11-19)29(5)6)25-17(4)22(21(13-26)33-25)24(32)27-14-20-15(2)12-16(3)28-23(20)31/h12,18-20H,7-11,14H2,1-6H3,(H,27,32). The third-order valence-electron chi connectivity index (χ3n) is 6.93. The average molecular weight is 470 g/mol. The predicted molar refractivity (Wildman–Crippen MR) is 134 cm³/mol. The van der Waals surface area contributed by atoms with Crippen LogP contribution in [-0.2, 0) is 4.79 Å². The number of anilines is 1. The number of aliphatic imine (C=N–C) groups is 1. The van der Waals surface area contributed by atoms with Crippen molar-refractivity contribution in [3.05, 3.63) is 27.7 Å². The molecule has 7 nitrogen and oxygen atoms in total. The number of rotatable bonds is 7. The van der Waals surface area contributed by atoms with Crippen molar-refractivity contribution in [3.63, 3.8) is 0 Å². The van der Waals surface area contributed by atoms with Gasteiger partial charge in [0.15, 0.2) is 0 Å². The first-order valence-electron chi connectivity index (χ1n) is 11.7. The van der Waals surface area contributed by atoms with E-state index in [1.807, 2.05) is 19.9 Å². The van der Waals surface area contributed by atoms with Gasteiger partial charge in [0, 0.05) is 30.9 Å². The van der Waals surface area contributed by atoms with Crippen LogP contribution in [0.15, 0.2) is 16.6 Å². The first-order valence-corrected chi connectivity index (χ1v) is 12.5. The van der Waals surface area contributed by atoms with Crippen LogP contribution in [0.5, 0.6) is 0 Å². The van der Waals surface area contributed by atoms with Gasteiger partial charge in [-0.2, -0.15) is 5.26 Å². The maximum atomic E-state index is 13.1. The highest BCUT2D eigenvalue weighted by molar-refractivity contribution is 7.17. The molecule has 1 atom stereocenters. The number of nitriles is 1. The van der Waals surface area contributed by atoms with Crippen molar-refractivity contribution in [2.75, 3.05) is 32.1 Å². The Bertz CT molecular complexity index is 1010. The van der Waals surface area contributed by atoms with Gasteiger partial charge in [-0.05, 0) is 79.1 Å². The lowest BCUT2D eigenvalue weighted by atomic mass is 9.89. The molecule has 1 aromatic rings. The zero-order valence-corrected chi connectivity index (χ0v) is 21.4. The van der Waals surface area contributed by atoms with E-state index in [1.165, 1.54) is 11.3 Å². The van der Waals surface area contributed by atoms with Gasteiger partial charge >= 0.3 is 0 Å². The summed E-state index contributed by atoms with van der Waals surface area (Å²) in [6.07, 6.45) is 6.39. The van der Waals surface area contributed by atoms with E-state index >= 15 is 0 Å². The van der Waals surface area contributed by atoms with Crippen molar-refractivity contribution in [2.24, 2.45) is 10.9 Å². The van der Waals surface area contributed by atoms with Gasteiger partial charge in [-0.3, -0.25) is 9.59 Å². The zero-order valence-electron chi connectivity index (χ0n) is 20.6. The molecule has 1 unspecified atom stereocenters. The van der Waals surface area contributed by atoms with Gasteiger partial charge in [0.2, 0.25) is 0 Å². The Kier molecular flexibility index (Phi) is 8.09. The molecule has 0 saturated heterocycles. The highest BCUT2D eigenvalue weighted by Crippen LogP contribution is 2.39. The molecule has 2 heterocycles. The second kappa shape index (κ2) is 10.6. The number of nitrogens with one attached hydrogen (secondary N) is 1. The van der Waals surface area contributed by atoms with E-state index in [1.54, 1.807) is 6.92 Å². The molecule has 1 saturated carbocycles. The molecule has 2 amide bonds. The molecule has 1 fully saturated rings. The maximum absolute atomic E-state index is 13.1. The molecule has 1 aliphatic carbocycles. The fourth-order valence-electron chi connectivity index (χ4n) is 5.02. The summed E-state index contributed by atoms with van der Waals surface area (Å²) in [5, 5.41) is 13.7. The Morgan fingerprint density at radius 2 is 1.85 bits per heavy atom. The first kappa shape index (κ1) is 25.1. The second-order valence-corrected chi connectivity index (χ2v) is 10.3. The second-order valence-electron chi connectivity index (χ2n) is 9.30. The van der Waals surface area contributed by atoms with Crippen LogP contribution in [0.1, 0.15) is 67.3 Å². The fraction of sp³-hybridized carbons (Fsp3) is 0.600. The third kappa shape index (κ3) is 5.36. The summed E-state index contributed by atoms with van der Waals surface area (Å²) in [6, 6.07) is 3.26. The number of nitrogens with zero attached hydrogens (tertiary/aromatic N) is 4. The van der Waals surface area contributed by atoms with Gasteiger partial charge < -0.3 is 15.1 Å². The number of allylic oxidation sites excluding steroid dienone is 1. The summed E-state index contributed by atoms with van der Waals surface area (Å²) in [7, 11) is 4.28. The van der Waals surface area contributed by atoms with Crippen molar-refractivity contribution < 1.29 is 9.59 Å². The van der Waals surface area contributed by atoms with Crippen LogP contribution in [0.4, 0.5) is 5.00 Å². The number of thiophene rings is 1. The minimum absolute atomic E-state index is 0.179. The van der Waals surface area contributed by atoms with Crippen LogP contribution < -0.4 is 10.2 Å². The molecular weight excluding hydrogens is 434 g/mol. The zero-order chi connectivity index (χ0) is 24.3. The van der Waals surface area contributed by atoms with Crippen molar-refractivity contribution >= 4 is 33.9 Å². The highest BCUT2D eigenvalue weighted by atomic mass is 32.1. The number of amides is 2. The highest BCUT2D eigenvalue weighted by Gasteiger charge is 2.31. The Morgan fingerprint density at radius 3 is 2.39 bits per heavy atom. The SMILES string of the molecule is CCN(c1sc(C#N)c(C(=O)NCC2C(=O)N=C(C)C=C2C)c1C)C1CCC(N(C)C)CC1. The topological polar surface area (TPSA) is 88.8 Å². The first-order chi connectivity index (χ1) is 15.7. The number of carbonyl (C=O) groups excluding carboxylic acids is 2. The molecule has 0 aromatic carbocycles. The minimum atomic E-state index is -0.458. The molecule has 1 aromatic heterocycles. The van der Waals surface area contributed by atoms with E-state index in [2.05, 4.69) is 47.2 Å². The maximum Gasteiger partial charge on any atom is 0.254 e. The summed E-state index contributed by atoms with van der Waals surface area (Å²) < 4.78 is 0. The van der Waals surface area contributed by atoms with Crippen LogP contribution in [0.25, 0.3) is 0 Å². The molecule has 0 radical (unpaired) electrons. The monoisotopic (exact) mass is 469 g/mol. The number of hydrogen-bond donors (Lipinski definition) is 1. The van der Waals surface area contributed by atoms with Crippen molar-refractivity contribution in [1.82, 2.24) is 10.2 Å². The van der Waals surface area contributed by atoms with E-state index in [4.69, 9.17) is 0 Å². The Balaban J connectivity index is 1.77. The summed E-state index contributed by atoms with van der Waals surface area (Å²) in [4.78, 5) is 34.5. The van der Waals surface area contributed by atoms with E-state index in [0.717, 1.165) is 48.4 Å². The lowest BCUT2D eigenvalue weighted by Crippen LogP contribution is -2.42. The lowest BCUT2D eigenvalue weighted by Gasteiger charge is -2.39. The molecule has 178 valence electrons. The van der Waals surface area contributed by atoms with Crippen molar-refractivity contribution in [1.29, 1.82) is 5.26 Å². The molecule has 0 bridgehead atoms. The van der Waals surface area contributed by atoms with Gasteiger partial charge in [0.1, 0.15) is 10.9 Å². The van der Waals surface area contributed by atoms with Crippen LogP contribution in [0.2, 0.25) is 0 Å². The Hall–Kier alpha value is -2.50. The van der Waals surface area contributed by atoms with E-state index in [-0.39, 0.29) is 18.4 Å². The largest absolute Gasteiger partial charge is 0.360 e. The van der Waals surface area contributed by atoms with E-state index in [9.17, 15) is 14.9 Å². The number of dihydropyridines is 1. The van der Waals surface area contributed by atoms with Gasteiger partial charge in [-0.25, -0.2) is 4.99 Å². The van der Waals surface area contributed by atoms with E-state index in [0.29, 0.717) is 28.2 Å². The molecule has 1 aliphatic heterocycles. The number of carbonyl (C=O) groups is 2.